The van der Waals surface area contributed by atoms with E-state index in [9.17, 15) is 10.1 Å². The van der Waals surface area contributed by atoms with Crippen molar-refractivity contribution in [2.45, 2.75) is 4.44 Å². The number of hydrogen-bond donors (Lipinski definition) is 0. The summed E-state index contributed by atoms with van der Waals surface area (Å²) in [4.78, 5) is 9.84. The molecular formula is C7H7NO2Sn. The van der Waals surface area contributed by atoms with E-state index in [-0.39, 0.29) is 10.6 Å². The normalized spacial score (nSPS) is 9.55. The number of non-ortho nitro benzene ring substituents is 1. The molecule has 3 nitrogen and oxygen atoms in total. The molecule has 0 heterocycles. The summed E-state index contributed by atoms with van der Waals surface area (Å²) >= 11 is 1.16. The van der Waals surface area contributed by atoms with Crippen LogP contribution in [0.2, 0.25) is 0 Å². The predicted octanol–water partition coefficient (Wildman–Crippen LogP) is 0.996. The van der Waals surface area contributed by atoms with Crippen molar-refractivity contribution < 1.29 is 4.92 Å². The van der Waals surface area contributed by atoms with Gasteiger partial charge in [-0.05, 0) is 0 Å². The average molecular weight is 256 g/mol. The van der Waals surface area contributed by atoms with Gasteiger partial charge in [-0.15, -0.1) is 0 Å². The van der Waals surface area contributed by atoms with Crippen molar-refractivity contribution in [1.29, 1.82) is 0 Å². The molecule has 0 aromatic heterocycles. The SMILES string of the molecule is O=[N+]([O-])c1ccc([CH2][SnH])cc1. The van der Waals surface area contributed by atoms with Gasteiger partial charge in [-0.3, -0.25) is 0 Å². The average Bonchev–Trinajstić information content (AvgIpc) is 2.05. The Labute approximate surface area is 77.7 Å². The van der Waals surface area contributed by atoms with Crippen LogP contribution in [0, 0.1) is 10.1 Å². The van der Waals surface area contributed by atoms with Gasteiger partial charge < -0.3 is 0 Å². The molecule has 0 bridgehead atoms. The van der Waals surface area contributed by atoms with Gasteiger partial charge in [-0.1, -0.05) is 0 Å². The van der Waals surface area contributed by atoms with Gasteiger partial charge in [-0.2, -0.15) is 0 Å². The first kappa shape index (κ1) is 8.51. The van der Waals surface area contributed by atoms with Crippen molar-refractivity contribution in [3.63, 3.8) is 0 Å². The van der Waals surface area contributed by atoms with Gasteiger partial charge in [0.2, 0.25) is 0 Å². The van der Waals surface area contributed by atoms with Crippen LogP contribution in [0.1, 0.15) is 5.56 Å². The summed E-state index contributed by atoms with van der Waals surface area (Å²) in [6.07, 6.45) is 0. The molecule has 0 atom stereocenters. The first-order valence-electron chi connectivity index (χ1n) is 3.17. The number of nitrogens with zero attached hydrogens (tertiary/aromatic N) is 1. The summed E-state index contributed by atoms with van der Waals surface area (Å²) in [5, 5.41) is 10.2. The number of rotatable bonds is 2. The van der Waals surface area contributed by atoms with Crippen LogP contribution in [0.15, 0.2) is 24.3 Å². The Kier molecular flexibility index (Phi) is 2.87. The molecule has 0 saturated heterocycles. The van der Waals surface area contributed by atoms with Gasteiger partial charge in [0.15, 0.2) is 0 Å². The summed E-state index contributed by atoms with van der Waals surface area (Å²) in [5.41, 5.74) is 1.35. The first-order chi connectivity index (χ1) is 5.24. The second kappa shape index (κ2) is 3.71. The summed E-state index contributed by atoms with van der Waals surface area (Å²) < 4.78 is 1.04. The zero-order chi connectivity index (χ0) is 8.27. The molecule has 1 rings (SSSR count). The van der Waals surface area contributed by atoms with Crippen molar-refractivity contribution >= 4 is 28.2 Å². The van der Waals surface area contributed by atoms with E-state index in [0.717, 1.165) is 27.0 Å². The monoisotopic (exact) mass is 257 g/mol. The molecule has 0 aliphatic rings. The van der Waals surface area contributed by atoms with E-state index in [1.807, 2.05) is 12.1 Å². The van der Waals surface area contributed by atoms with E-state index < -0.39 is 0 Å². The maximum absolute atomic E-state index is 10.2. The van der Waals surface area contributed by atoms with Crippen molar-refractivity contribution in [2.24, 2.45) is 0 Å². The zero-order valence-corrected chi connectivity index (χ0v) is 9.15. The summed E-state index contributed by atoms with van der Waals surface area (Å²) in [6, 6.07) is 6.71. The molecule has 1 aromatic rings. The van der Waals surface area contributed by atoms with Crippen LogP contribution < -0.4 is 0 Å². The Hall–Kier alpha value is -0.581. The minimum absolute atomic E-state index is 0.169. The first-order valence-corrected chi connectivity index (χ1v) is 5.50. The molecule has 0 N–H and O–H groups in total. The van der Waals surface area contributed by atoms with Crippen LogP contribution in [0.25, 0.3) is 0 Å². The molecule has 0 aliphatic carbocycles. The summed E-state index contributed by atoms with van der Waals surface area (Å²) in [7, 11) is 0. The molecule has 56 valence electrons. The van der Waals surface area contributed by atoms with Crippen molar-refractivity contribution in [3.05, 3.63) is 39.9 Å². The molecule has 2 radical (unpaired) electrons. The van der Waals surface area contributed by atoms with Crippen LogP contribution in [0.3, 0.4) is 0 Å². The fourth-order valence-corrected chi connectivity index (χ4v) is 1.53. The number of hydrogen-bond acceptors (Lipinski definition) is 2. The topological polar surface area (TPSA) is 43.1 Å². The second-order valence-corrected chi connectivity index (χ2v) is 3.29. The third kappa shape index (κ3) is 2.18. The van der Waals surface area contributed by atoms with Gasteiger partial charge in [0.1, 0.15) is 0 Å². The Balaban J connectivity index is 2.91. The minimum atomic E-state index is -0.379. The summed E-state index contributed by atoms with van der Waals surface area (Å²) in [5.74, 6) is 0. The van der Waals surface area contributed by atoms with E-state index in [2.05, 4.69) is 0 Å². The molecular weight excluding hydrogens is 249 g/mol. The van der Waals surface area contributed by atoms with E-state index in [4.69, 9.17) is 0 Å². The van der Waals surface area contributed by atoms with E-state index >= 15 is 0 Å². The van der Waals surface area contributed by atoms with E-state index in [1.165, 1.54) is 5.56 Å². The van der Waals surface area contributed by atoms with Crippen LogP contribution in [0.4, 0.5) is 5.69 Å². The molecule has 0 fully saturated rings. The van der Waals surface area contributed by atoms with Crippen LogP contribution in [0.5, 0.6) is 0 Å². The van der Waals surface area contributed by atoms with Crippen LogP contribution in [-0.2, 0) is 4.44 Å². The van der Waals surface area contributed by atoms with Crippen molar-refractivity contribution in [2.75, 3.05) is 0 Å². The zero-order valence-electron chi connectivity index (χ0n) is 5.86. The number of nitro benzene ring substituents is 1. The Morgan fingerprint density at radius 2 is 1.91 bits per heavy atom. The van der Waals surface area contributed by atoms with Crippen molar-refractivity contribution in [1.82, 2.24) is 0 Å². The summed E-state index contributed by atoms with van der Waals surface area (Å²) in [6.45, 7) is 0. The maximum atomic E-state index is 10.2. The Morgan fingerprint density at radius 3 is 2.27 bits per heavy atom. The molecule has 0 saturated carbocycles. The van der Waals surface area contributed by atoms with Gasteiger partial charge in [0, 0.05) is 0 Å². The standard InChI is InChI=1S/C7H6NO2.Sn.H/c1-6-2-4-7(5-3-6)8(9)10;;/h2-5H,1H2;;. The molecule has 0 amide bonds. The van der Waals surface area contributed by atoms with Crippen molar-refractivity contribution in [3.8, 4) is 0 Å². The van der Waals surface area contributed by atoms with Gasteiger partial charge in [0.25, 0.3) is 0 Å². The Morgan fingerprint density at radius 1 is 1.36 bits per heavy atom. The van der Waals surface area contributed by atoms with Gasteiger partial charge >= 0.3 is 77.5 Å². The number of benzene rings is 1. The van der Waals surface area contributed by atoms with E-state index in [0.29, 0.717) is 0 Å². The molecule has 0 spiro atoms. The third-order valence-corrected chi connectivity index (χ3v) is 2.73. The van der Waals surface area contributed by atoms with E-state index in [1.54, 1.807) is 12.1 Å². The van der Waals surface area contributed by atoms with Crippen LogP contribution >= 0.6 is 0 Å². The van der Waals surface area contributed by atoms with Crippen LogP contribution in [-0.4, -0.2) is 27.4 Å². The Bertz CT molecular complexity index is 258. The quantitative estimate of drug-likeness (QED) is 0.450. The molecule has 1 aromatic carbocycles. The van der Waals surface area contributed by atoms with Gasteiger partial charge in [0.05, 0.1) is 0 Å². The predicted molar refractivity (Wildman–Crippen MR) is 43.9 cm³/mol. The molecule has 4 heteroatoms. The third-order valence-electron chi connectivity index (χ3n) is 1.38. The molecule has 0 unspecified atom stereocenters. The molecule has 0 aliphatic heterocycles. The molecule has 11 heavy (non-hydrogen) atoms. The fourth-order valence-electron chi connectivity index (χ4n) is 0.754. The second-order valence-electron chi connectivity index (χ2n) is 2.13. The van der Waals surface area contributed by atoms with Gasteiger partial charge in [-0.25, -0.2) is 0 Å². The fraction of sp³-hybridized carbons (Fsp3) is 0.143. The number of nitro groups is 1.